The van der Waals surface area contributed by atoms with Crippen molar-refractivity contribution >= 4 is 40.5 Å². The number of amides is 1. The minimum Gasteiger partial charge on any atom is -0.360 e. The molecule has 0 aliphatic carbocycles. The molecule has 0 aromatic heterocycles. The molecule has 1 amide bonds. The molecule has 0 saturated heterocycles. The van der Waals surface area contributed by atoms with Gasteiger partial charge in [0.05, 0.1) is 15.6 Å². The molecule has 0 saturated carbocycles. The molecule has 0 unspecified atom stereocenters. The molecule has 27 heavy (non-hydrogen) atoms. The molecule has 0 fully saturated rings. The van der Waals surface area contributed by atoms with Gasteiger partial charge in [0.2, 0.25) is 0 Å². The Morgan fingerprint density at radius 3 is 2.41 bits per heavy atom. The van der Waals surface area contributed by atoms with Gasteiger partial charge < -0.3 is 5.32 Å². The van der Waals surface area contributed by atoms with Gasteiger partial charge in [-0.15, -0.1) is 0 Å². The van der Waals surface area contributed by atoms with E-state index in [1.54, 1.807) is 17.0 Å². The van der Waals surface area contributed by atoms with Crippen LogP contribution in [-0.4, -0.2) is 5.91 Å². The number of nitrogens with zero attached hydrogens (tertiary/aromatic N) is 1. The van der Waals surface area contributed by atoms with Gasteiger partial charge in [0.1, 0.15) is 6.17 Å². The van der Waals surface area contributed by atoms with Crippen molar-refractivity contribution < 1.29 is 4.79 Å². The summed E-state index contributed by atoms with van der Waals surface area (Å²) >= 11 is 12.3. The highest BCUT2D eigenvalue weighted by atomic mass is 35.5. The molecule has 0 bridgehead atoms. The predicted molar refractivity (Wildman–Crippen MR) is 112 cm³/mol. The molecule has 4 rings (SSSR count). The van der Waals surface area contributed by atoms with Gasteiger partial charge in [0, 0.05) is 11.4 Å². The zero-order chi connectivity index (χ0) is 19.0. The largest absolute Gasteiger partial charge is 0.360 e. The van der Waals surface area contributed by atoms with Gasteiger partial charge in [0.25, 0.3) is 5.91 Å². The maximum Gasteiger partial charge on any atom is 0.262 e. The number of para-hydroxylation sites is 1. The first-order chi connectivity index (χ1) is 13.1. The summed E-state index contributed by atoms with van der Waals surface area (Å²) in [6.07, 6.45) is 0.631. The molecule has 3 nitrogen and oxygen atoms in total. The number of carbonyl (C=O) groups is 1. The van der Waals surface area contributed by atoms with Crippen molar-refractivity contribution in [1.29, 1.82) is 0 Å². The van der Waals surface area contributed by atoms with Crippen LogP contribution in [0.15, 0.2) is 66.7 Å². The monoisotopic (exact) mass is 396 g/mol. The van der Waals surface area contributed by atoms with E-state index in [4.69, 9.17) is 23.2 Å². The lowest BCUT2D eigenvalue weighted by Gasteiger charge is -2.38. The first-order valence-electron chi connectivity index (χ1n) is 8.81. The summed E-state index contributed by atoms with van der Waals surface area (Å²) in [5.74, 6) is -0.0766. The van der Waals surface area contributed by atoms with Crippen molar-refractivity contribution in [2.24, 2.45) is 0 Å². The van der Waals surface area contributed by atoms with Crippen LogP contribution in [0.4, 0.5) is 11.4 Å². The van der Waals surface area contributed by atoms with Gasteiger partial charge in [-0.25, -0.2) is 0 Å². The Kier molecular flexibility index (Phi) is 4.81. The smallest absolute Gasteiger partial charge is 0.262 e. The molecular weight excluding hydrogens is 379 g/mol. The minimum absolute atomic E-state index is 0.0766. The van der Waals surface area contributed by atoms with Gasteiger partial charge in [0.15, 0.2) is 0 Å². The van der Waals surface area contributed by atoms with Crippen LogP contribution in [0.3, 0.4) is 0 Å². The number of hydrogen-bond acceptors (Lipinski definition) is 2. The van der Waals surface area contributed by atoms with E-state index < -0.39 is 0 Å². The summed E-state index contributed by atoms with van der Waals surface area (Å²) in [6.45, 7) is 2.12. The fraction of sp³-hybridized carbons (Fsp3) is 0.136. The van der Waals surface area contributed by atoms with E-state index >= 15 is 0 Å². The number of aryl methyl sites for hydroxylation is 1. The van der Waals surface area contributed by atoms with E-state index in [0.717, 1.165) is 17.7 Å². The molecule has 1 aliphatic heterocycles. The molecule has 1 aliphatic rings. The lowest BCUT2D eigenvalue weighted by atomic mass is 10.0. The Labute approximate surface area is 168 Å². The average Bonchev–Trinajstić information content (AvgIpc) is 2.70. The number of rotatable bonds is 3. The normalized spacial score (nSPS) is 16.0. The second-order valence-electron chi connectivity index (χ2n) is 6.46. The fourth-order valence-corrected chi connectivity index (χ4v) is 3.62. The SMILES string of the molecule is CCc1ccc([C@H]2Nc3ccccc3C(=O)N2c2ccc(Cl)c(Cl)c2)cc1. The van der Waals surface area contributed by atoms with Crippen LogP contribution < -0.4 is 10.2 Å². The molecule has 136 valence electrons. The highest BCUT2D eigenvalue weighted by Gasteiger charge is 2.34. The first kappa shape index (κ1) is 17.9. The summed E-state index contributed by atoms with van der Waals surface area (Å²) in [5.41, 5.74) is 4.40. The molecule has 0 spiro atoms. The maximum atomic E-state index is 13.3. The quantitative estimate of drug-likeness (QED) is 0.560. The van der Waals surface area contributed by atoms with Gasteiger partial charge in [-0.2, -0.15) is 0 Å². The Bertz CT molecular complexity index is 1000. The van der Waals surface area contributed by atoms with Crippen molar-refractivity contribution in [2.75, 3.05) is 10.2 Å². The molecule has 5 heteroatoms. The molecule has 1 N–H and O–H groups in total. The van der Waals surface area contributed by atoms with Gasteiger partial charge >= 0.3 is 0 Å². The topological polar surface area (TPSA) is 32.3 Å². The summed E-state index contributed by atoms with van der Waals surface area (Å²) in [4.78, 5) is 15.1. The van der Waals surface area contributed by atoms with Crippen LogP contribution >= 0.6 is 23.2 Å². The molecular formula is C22H18Cl2N2O. The molecule has 3 aromatic rings. The third kappa shape index (κ3) is 3.29. The minimum atomic E-state index is -0.337. The van der Waals surface area contributed by atoms with Crippen LogP contribution in [0, 0.1) is 0 Å². The van der Waals surface area contributed by atoms with Crippen LogP contribution in [0.1, 0.15) is 34.6 Å². The Morgan fingerprint density at radius 2 is 1.70 bits per heavy atom. The Morgan fingerprint density at radius 1 is 0.963 bits per heavy atom. The first-order valence-corrected chi connectivity index (χ1v) is 9.57. The molecule has 0 radical (unpaired) electrons. The van der Waals surface area contributed by atoms with E-state index in [1.807, 2.05) is 30.3 Å². The van der Waals surface area contributed by atoms with Crippen molar-refractivity contribution in [2.45, 2.75) is 19.5 Å². The lowest BCUT2D eigenvalue weighted by molar-refractivity contribution is 0.0975. The third-order valence-corrected chi connectivity index (χ3v) is 5.55. The van der Waals surface area contributed by atoms with Crippen molar-refractivity contribution in [1.82, 2.24) is 0 Å². The van der Waals surface area contributed by atoms with Gasteiger partial charge in [-0.05, 0) is 47.9 Å². The lowest BCUT2D eigenvalue weighted by Crippen LogP contribution is -2.43. The van der Waals surface area contributed by atoms with Crippen LogP contribution in [0.5, 0.6) is 0 Å². The zero-order valence-corrected chi connectivity index (χ0v) is 16.3. The maximum absolute atomic E-state index is 13.3. The number of hydrogen-bond donors (Lipinski definition) is 1. The Balaban J connectivity index is 1.84. The molecule has 1 heterocycles. The van der Waals surface area contributed by atoms with Gasteiger partial charge in [-0.1, -0.05) is 66.5 Å². The molecule has 1 atom stereocenters. The van der Waals surface area contributed by atoms with E-state index in [1.165, 1.54) is 5.56 Å². The standard InChI is InChI=1S/C22H18Cl2N2O/c1-2-14-7-9-15(10-8-14)21-25-20-6-4-3-5-17(20)22(27)26(21)16-11-12-18(23)19(24)13-16/h3-13,21,25H,2H2,1H3/t21-/m0/s1. The predicted octanol–water partition coefficient (Wildman–Crippen LogP) is 6.33. The van der Waals surface area contributed by atoms with E-state index in [9.17, 15) is 4.79 Å². The van der Waals surface area contributed by atoms with E-state index in [0.29, 0.717) is 21.3 Å². The summed E-state index contributed by atoms with van der Waals surface area (Å²) in [5, 5.41) is 4.37. The van der Waals surface area contributed by atoms with Crippen molar-refractivity contribution in [3.63, 3.8) is 0 Å². The van der Waals surface area contributed by atoms with Crippen molar-refractivity contribution in [3.05, 3.63) is 93.5 Å². The van der Waals surface area contributed by atoms with E-state index in [-0.39, 0.29) is 12.1 Å². The summed E-state index contributed by atoms with van der Waals surface area (Å²) in [6, 6.07) is 21.1. The number of nitrogens with one attached hydrogen (secondary N) is 1. The highest BCUT2D eigenvalue weighted by Crippen LogP contribution is 2.38. The zero-order valence-electron chi connectivity index (χ0n) is 14.7. The van der Waals surface area contributed by atoms with Crippen LogP contribution in [0.2, 0.25) is 10.0 Å². The van der Waals surface area contributed by atoms with Crippen LogP contribution in [-0.2, 0) is 6.42 Å². The van der Waals surface area contributed by atoms with E-state index in [2.05, 4.69) is 36.5 Å². The average molecular weight is 397 g/mol. The second-order valence-corrected chi connectivity index (χ2v) is 7.28. The number of carbonyl (C=O) groups excluding carboxylic acids is 1. The highest BCUT2D eigenvalue weighted by molar-refractivity contribution is 6.42. The third-order valence-electron chi connectivity index (χ3n) is 4.81. The second kappa shape index (κ2) is 7.26. The number of halogens is 2. The van der Waals surface area contributed by atoms with Crippen LogP contribution in [0.25, 0.3) is 0 Å². The van der Waals surface area contributed by atoms with Crippen molar-refractivity contribution in [3.8, 4) is 0 Å². The fourth-order valence-electron chi connectivity index (χ4n) is 3.32. The number of anilines is 2. The summed E-state index contributed by atoms with van der Waals surface area (Å²) in [7, 11) is 0. The summed E-state index contributed by atoms with van der Waals surface area (Å²) < 4.78 is 0. The molecule has 3 aromatic carbocycles. The Hall–Kier alpha value is -2.49. The number of benzene rings is 3. The number of fused-ring (bicyclic) bond motifs is 1. The van der Waals surface area contributed by atoms with Gasteiger partial charge in [-0.3, -0.25) is 9.69 Å².